The summed E-state index contributed by atoms with van der Waals surface area (Å²) >= 11 is 0. The van der Waals surface area contributed by atoms with E-state index in [1.54, 1.807) is 13.8 Å². The van der Waals surface area contributed by atoms with Crippen molar-refractivity contribution in [3.05, 3.63) is 0 Å². The molecule has 8 nitrogen and oxygen atoms in total. The maximum absolute atomic E-state index is 10.2. The van der Waals surface area contributed by atoms with Crippen LogP contribution in [0.25, 0.3) is 0 Å². The molecule has 0 aliphatic carbocycles. The van der Waals surface area contributed by atoms with Crippen LogP contribution in [0.3, 0.4) is 0 Å². The number of phosphoric ester groups is 2. The molecule has 0 spiro atoms. The fraction of sp³-hybridized carbons (Fsp3) is 1.00. The van der Waals surface area contributed by atoms with Crippen LogP contribution in [0.1, 0.15) is 13.8 Å². The second kappa shape index (κ2) is 12.5. The molecule has 0 radical (unpaired) electrons. The molecule has 0 aliphatic rings. The molecule has 0 bridgehead atoms. The molecule has 0 aromatic heterocycles. The number of hydrogen-bond donors (Lipinski definition) is 0. The van der Waals surface area contributed by atoms with Crippen molar-refractivity contribution in [1.29, 1.82) is 0 Å². The van der Waals surface area contributed by atoms with Crippen molar-refractivity contribution in [3.63, 3.8) is 0 Å². The Balaban J connectivity index is -0.000000218. The van der Waals surface area contributed by atoms with Crippen LogP contribution in [0.2, 0.25) is 0 Å². The zero-order chi connectivity index (χ0) is 13.2. The van der Waals surface area contributed by atoms with Crippen LogP contribution >= 0.6 is 15.6 Å². The van der Waals surface area contributed by atoms with Crippen molar-refractivity contribution in [2.75, 3.05) is 27.4 Å². The summed E-state index contributed by atoms with van der Waals surface area (Å²) in [7, 11) is -5.73. The van der Waals surface area contributed by atoms with Gasteiger partial charge in [0.15, 0.2) is 0 Å². The number of rotatable bonds is 6. The molecular formula is C6H16CaO8P2. The van der Waals surface area contributed by atoms with Gasteiger partial charge < -0.3 is 27.9 Å². The summed E-state index contributed by atoms with van der Waals surface area (Å²) in [5.41, 5.74) is 0. The minimum Gasteiger partial charge on any atom is -0.756 e. The molecule has 0 saturated heterocycles. The molecule has 0 fully saturated rings. The van der Waals surface area contributed by atoms with E-state index in [4.69, 9.17) is 0 Å². The largest absolute Gasteiger partial charge is 2.00 e. The zero-order valence-corrected chi connectivity index (χ0v) is 14.3. The second-order valence-corrected chi connectivity index (χ2v) is 5.13. The molecule has 11 heteroatoms. The maximum Gasteiger partial charge on any atom is 2.00 e. The summed E-state index contributed by atoms with van der Waals surface area (Å²) in [4.78, 5) is 20.4. The van der Waals surface area contributed by atoms with Gasteiger partial charge in [-0.05, 0) is 13.8 Å². The van der Waals surface area contributed by atoms with Crippen LogP contribution < -0.4 is 9.79 Å². The van der Waals surface area contributed by atoms with Gasteiger partial charge in [0, 0.05) is 14.2 Å². The van der Waals surface area contributed by atoms with Crippen molar-refractivity contribution in [2.24, 2.45) is 0 Å². The Bertz CT molecular complexity index is 234. The average molecular weight is 318 g/mol. The van der Waals surface area contributed by atoms with E-state index >= 15 is 0 Å². The van der Waals surface area contributed by atoms with Crippen molar-refractivity contribution in [3.8, 4) is 0 Å². The van der Waals surface area contributed by atoms with Gasteiger partial charge in [-0.2, -0.15) is 0 Å². The predicted molar refractivity (Wildman–Crippen MR) is 58.2 cm³/mol. The van der Waals surface area contributed by atoms with Gasteiger partial charge in [-0.15, -0.1) is 0 Å². The van der Waals surface area contributed by atoms with Crippen molar-refractivity contribution < 1.29 is 37.0 Å². The van der Waals surface area contributed by atoms with Crippen LogP contribution in [-0.4, -0.2) is 65.2 Å². The molecule has 0 aromatic rings. The normalized spacial score (nSPS) is 16.8. The minimum absolute atomic E-state index is 0. The smallest absolute Gasteiger partial charge is 0.756 e. The first kappa shape index (κ1) is 23.6. The quantitative estimate of drug-likeness (QED) is 0.492. The molecule has 100 valence electrons. The molecule has 0 aromatic carbocycles. The average Bonchev–Trinajstić information content (AvgIpc) is 2.19. The summed E-state index contributed by atoms with van der Waals surface area (Å²) in [6.07, 6.45) is 0. The van der Waals surface area contributed by atoms with Gasteiger partial charge in [0.05, 0.1) is 13.2 Å². The van der Waals surface area contributed by atoms with Crippen molar-refractivity contribution in [1.82, 2.24) is 0 Å². The minimum atomic E-state index is -3.92. The fourth-order valence-corrected chi connectivity index (χ4v) is 1.26. The molecule has 17 heavy (non-hydrogen) atoms. The van der Waals surface area contributed by atoms with Gasteiger partial charge in [-0.25, -0.2) is 0 Å². The van der Waals surface area contributed by atoms with Gasteiger partial charge in [0.2, 0.25) is 0 Å². The van der Waals surface area contributed by atoms with E-state index in [9.17, 15) is 18.9 Å². The van der Waals surface area contributed by atoms with Crippen LogP contribution in [0.15, 0.2) is 0 Å². The van der Waals surface area contributed by atoms with Crippen LogP contribution in [0, 0.1) is 0 Å². The molecule has 0 heterocycles. The van der Waals surface area contributed by atoms with E-state index in [1.807, 2.05) is 0 Å². The molecule has 0 aliphatic heterocycles. The van der Waals surface area contributed by atoms with E-state index < -0.39 is 15.6 Å². The number of phosphoric acid groups is 2. The summed E-state index contributed by atoms with van der Waals surface area (Å²) < 4.78 is 36.6. The van der Waals surface area contributed by atoms with Crippen molar-refractivity contribution >= 4 is 53.4 Å². The van der Waals surface area contributed by atoms with E-state index in [0.29, 0.717) is 0 Å². The summed E-state index contributed by atoms with van der Waals surface area (Å²) in [6, 6.07) is 0. The fourth-order valence-electron chi connectivity index (χ4n) is 0.422. The first-order chi connectivity index (χ1) is 7.24. The van der Waals surface area contributed by atoms with Crippen LogP contribution in [0.4, 0.5) is 0 Å². The van der Waals surface area contributed by atoms with Gasteiger partial charge in [0.1, 0.15) is 0 Å². The molecule has 0 saturated carbocycles. The summed E-state index contributed by atoms with van der Waals surface area (Å²) in [5, 5.41) is 0. The Labute approximate surface area is 131 Å². The van der Waals surface area contributed by atoms with E-state index in [1.165, 1.54) is 0 Å². The summed E-state index contributed by atoms with van der Waals surface area (Å²) in [6.45, 7) is 3.39. The Hall–Kier alpha value is 1.48. The first-order valence-electron chi connectivity index (χ1n) is 4.27. The Morgan fingerprint density at radius 3 is 1.18 bits per heavy atom. The molecular weight excluding hydrogens is 302 g/mol. The third-order valence-corrected chi connectivity index (χ3v) is 3.06. The Morgan fingerprint density at radius 2 is 1.12 bits per heavy atom. The van der Waals surface area contributed by atoms with Gasteiger partial charge >= 0.3 is 37.7 Å². The monoisotopic (exact) mass is 318 g/mol. The standard InChI is InChI=1S/2C3H9O4P.Ca/c2*1-3-7-8(4,5)6-2;/h2*3H2,1-2H3,(H,4,5);/q;;+2/p-2. The van der Waals surface area contributed by atoms with Crippen molar-refractivity contribution in [2.45, 2.75) is 13.8 Å². The van der Waals surface area contributed by atoms with Gasteiger partial charge in [-0.3, -0.25) is 9.13 Å². The van der Waals surface area contributed by atoms with E-state index in [-0.39, 0.29) is 51.0 Å². The van der Waals surface area contributed by atoms with E-state index in [0.717, 1.165) is 14.2 Å². The topological polar surface area (TPSA) is 117 Å². The third kappa shape index (κ3) is 17.5. The second-order valence-electron chi connectivity index (χ2n) is 2.10. The first-order valence-corrected chi connectivity index (χ1v) is 7.19. The SMILES string of the molecule is CCOP(=O)([O-])OC.CCOP(=O)([O-])OC.[Ca+2]. The zero-order valence-electron chi connectivity index (χ0n) is 10.3. The Kier molecular flexibility index (Phi) is 17.3. The Morgan fingerprint density at radius 1 is 0.882 bits per heavy atom. The third-order valence-electron chi connectivity index (χ3n) is 1.02. The molecule has 0 N–H and O–H groups in total. The molecule has 2 unspecified atom stereocenters. The van der Waals surface area contributed by atoms with E-state index in [2.05, 4.69) is 18.1 Å². The molecule has 0 rings (SSSR count). The maximum atomic E-state index is 10.2. The van der Waals surface area contributed by atoms with Gasteiger partial charge in [0.25, 0.3) is 15.6 Å². The van der Waals surface area contributed by atoms with Gasteiger partial charge in [-0.1, -0.05) is 0 Å². The molecule has 2 atom stereocenters. The van der Waals surface area contributed by atoms with Crippen LogP contribution in [0.5, 0.6) is 0 Å². The molecule has 0 amide bonds. The predicted octanol–water partition coefficient (Wildman–Crippen LogP) is -0.105. The summed E-state index contributed by atoms with van der Waals surface area (Å²) in [5.74, 6) is 0. The number of hydrogen-bond acceptors (Lipinski definition) is 8. The van der Waals surface area contributed by atoms with Crippen LogP contribution in [-0.2, 0) is 27.2 Å².